The Hall–Kier alpha value is -2.16. The van der Waals surface area contributed by atoms with E-state index in [1.165, 1.54) is 37.7 Å². The van der Waals surface area contributed by atoms with Gasteiger partial charge in [0.25, 0.3) is 0 Å². The summed E-state index contributed by atoms with van der Waals surface area (Å²) in [5.41, 5.74) is 1.39. The molecule has 0 unspecified atom stereocenters. The molecule has 1 aromatic heterocycles. The molecule has 3 heterocycles. The lowest BCUT2D eigenvalue weighted by Gasteiger charge is -2.38. The Kier molecular flexibility index (Phi) is 8.67. The molecule has 0 amide bonds. The maximum atomic E-state index is 6.19. The maximum Gasteiger partial charge on any atom is 0.232 e. The van der Waals surface area contributed by atoms with Crippen LogP contribution in [0.15, 0.2) is 30.3 Å². The van der Waals surface area contributed by atoms with Crippen molar-refractivity contribution in [2.75, 3.05) is 61.1 Å². The number of thiocarbonyl (C=S) groups is 1. The van der Waals surface area contributed by atoms with Crippen molar-refractivity contribution in [2.45, 2.75) is 57.3 Å². The number of rotatable bonds is 6. The van der Waals surface area contributed by atoms with E-state index >= 15 is 0 Å². The first kappa shape index (κ1) is 26.4. The molecular formula is C28H39ClN6OS. The Morgan fingerprint density at radius 3 is 2.43 bits per heavy atom. The van der Waals surface area contributed by atoms with Crippen molar-refractivity contribution in [1.29, 1.82) is 0 Å². The fourth-order valence-electron chi connectivity index (χ4n) is 5.99. The number of nitrogens with zero attached hydrogens (tertiary/aromatic N) is 4. The molecule has 37 heavy (non-hydrogen) atoms. The van der Waals surface area contributed by atoms with Gasteiger partial charge in [-0.05, 0) is 61.5 Å². The normalized spacial score (nSPS) is 21.9. The van der Waals surface area contributed by atoms with Crippen LogP contribution in [0.3, 0.4) is 0 Å². The summed E-state index contributed by atoms with van der Waals surface area (Å²) in [5.74, 6) is 3.12. The van der Waals surface area contributed by atoms with Crippen LogP contribution in [0.2, 0.25) is 5.02 Å². The Balaban J connectivity index is 1.32. The van der Waals surface area contributed by atoms with E-state index in [1.807, 2.05) is 12.1 Å². The highest BCUT2D eigenvalue weighted by molar-refractivity contribution is 7.80. The molecule has 2 aromatic rings. The second-order valence-corrected chi connectivity index (χ2v) is 11.7. The third kappa shape index (κ3) is 6.65. The monoisotopic (exact) mass is 542 g/mol. The van der Waals surface area contributed by atoms with Crippen LogP contribution in [-0.4, -0.2) is 61.0 Å². The van der Waals surface area contributed by atoms with Gasteiger partial charge in [0.2, 0.25) is 5.95 Å². The van der Waals surface area contributed by atoms with Gasteiger partial charge in [0.1, 0.15) is 11.6 Å². The number of morpholine rings is 1. The fraction of sp³-hybridized carbons (Fsp3) is 0.607. The largest absolute Gasteiger partial charge is 0.378 e. The molecule has 3 fully saturated rings. The molecular weight excluding hydrogens is 504 g/mol. The highest BCUT2D eigenvalue weighted by Gasteiger charge is 2.34. The molecule has 7 nitrogen and oxygen atoms in total. The van der Waals surface area contributed by atoms with E-state index in [0.29, 0.717) is 17.0 Å². The molecule has 1 atom stereocenters. The Labute approximate surface area is 231 Å². The molecule has 3 aliphatic rings. The minimum absolute atomic E-state index is 0.0557. The van der Waals surface area contributed by atoms with Crippen molar-refractivity contribution in [3.63, 3.8) is 0 Å². The van der Waals surface area contributed by atoms with Gasteiger partial charge < -0.3 is 25.2 Å². The average molecular weight is 543 g/mol. The topological polar surface area (TPSA) is 65.6 Å². The third-order valence-electron chi connectivity index (χ3n) is 8.10. The van der Waals surface area contributed by atoms with E-state index in [-0.39, 0.29) is 5.41 Å². The van der Waals surface area contributed by atoms with E-state index in [0.717, 1.165) is 75.4 Å². The zero-order valence-corrected chi connectivity index (χ0v) is 23.4. The van der Waals surface area contributed by atoms with Gasteiger partial charge in [0.05, 0.1) is 13.2 Å². The van der Waals surface area contributed by atoms with Gasteiger partial charge in [-0.25, -0.2) is 0 Å². The highest BCUT2D eigenvalue weighted by Crippen LogP contribution is 2.39. The lowest BCUT2D eigenvalue weighted by Crippen LogP contribution is -2.44. The van der Waals surface area contributed by atoms with Crippen molar-refractivity contribution < 1.29 is 4.74 Å². The van der Waals surface area contributed by atoms with E-state index < -0.39 is 0 Å². The smallest absolute Gasteiger partial charge is 0.232 e. The fourth-order valence-corrected chi connectivity index (χ4v) is 6.28. The Morgan fingerprint density at radius 1 is 1.03 bits per heavy atom. The Morgan fingerprint density at radius 2 is 1.73 bits per heavy atom. The van der Waals surface area contributed by atoms with Crippen molar-refractivity contribution >= 4 is 46.5 Å². The molecule has 1 saturated carbocycles. The summed E-state index contributed by atoms with van der Waals surface area (Å²) < 4.78 is 5.57. The number of benzene rings is 1. The molecule has 5 rings (SSSR count). The number of anilines is 3. The van der Waals surface area contributed by atoms with Crippen LogP contribution < -0.4 is 20.4 Å². The molecule has 0 radical (unpaired) electrons. The second-order valence-electron chi connectivity index (χ2n) is 10.9. The number of hydrogen-bond acceptors (Lipinski definition) is 6. The van der Waals surface area contributed by atoms with Crippen molar-refractivity contribution in [2.24, 2.45) is 5.92 Å². The zero-order valence-electron chi connectivity index (χ0n) is 21.8. The van der Waals surface area contributed by atoms with Crippen LogP contribution in [0, 0.1) is 5.92 Å². The molecule has 1 aromatic carbocycles. The minimum Gasteiger partial charge on any atom is -0.378 e. The first-order chi connectivity index (χ1) is 18.0. The molecule has 2 saturated heterocycles. The molecule has 1 aliphatic carbocycles. The molecule has 2 N–H and O–H groups in total. The summed E-state index contributed by atoms with van der Waals surface area (Å²) in [7, 11) is 0. The van der Waals surface area contributed by atoms with E-state index in [4.69, 9.17) is 38.5 Å². The first-order valence-electron chi connectivity index (χ1n) is 13.8. The minimum atomic E-state index is 0.0557. The summed E-state index contributed by atoms with van der Waals surface area (Å²) in [4.78, 5) is 14.4. The molecule has 2 aliphatic heterocycles. The van der Waals surface area contributed by atoms with Crippen molar-refractivity contribution in [3.8, 4) is 0 Å². The van der Waals surface area contributed by atoms with Crippen LogP contribution >= 0.6 is 23.8 Å². The standard InChI is InChI=1S/C28H39ClN6OS/c1-21-6-5-13-35(19-21)25-18-24(34-14-16-36-17-15-34)31-26(32-25)33-27(37)30-20-28(11-3-2-4-12-28)22-7-9-23(29)10-8-22/h7-10,18,21H,2-6,11-17,19-20H2,1H3,(H2,30,31,32,33,37)/t21-/m1/s1. The van der Waals surface area contributed by atoms with Gasteiger partial charge in [-0.3, -0.25) is 0 Å². The number of aromatic nitrogens is 2. The van der Waals surface area contributed by atoms with Crippen molar-refractivity contribution in [3.05, 3.63) is 40.9 Å². The van der Waals surface area contributed by atoms with Gasteiger partial charge in [-0.2, -0.15) is 9.97 Å². The summed E-state index contributed by atoms with van der Waals surface area (Å²) >= 11 is 12.0. The van der Waals surface area contributed by atoms with Crippen LogP contribution in [0.25, 0.3) is 0 Å². The van der Waals surface area contributed by atoms with Crippen LogP contribution in [0.5, 0.6) is 0 Å². The molecule has 9 heteroatoms. The van der Waals surface area contributed by atoms with Gasteiger partial charge in [-0.15, -0.1) is 0 Å². The van der Waals surface area contributed by atoms with Crippen LogP contribution in [0.1, 0.15) is 57.4 Å². The van der Waals surface area contributed by atoms with Gasteiger partial charge in [0.15, 0.2) is 5.11 Å². The summed E-state index contributed by atoms with van der Waals surface area (Å²) in [5, 5.41) is 8.18. The van der Waals surface area contributed by atoms with Crippen LogP contribution in [-0.2, 0) is 10.2 Å². The number of nitrogens with one attached hydrogen (secondary N) is 2. The SMILES string of the molecule is C[C@@H]1CCCN(c2cc(N3CCOCC3)nc(NC(=S)NCC3(c4ccc(Cl)cc4)CCCCC3)n2)C1. The predicted octanol–water partition coefficient (Wildman–Crippen LogP) is 5.39. The second kappa shape index (κ2) is 12.1. The van der Waals surface area contributed by atoms with Crippen molar-refractivity contribution in [1.82, 2.24) is 15.3 Å². The maximum absolute atomic E-state index is 6.19. The summed E-state index contributed by atoms with van der Waals surface area (Å²) in [6.45, 7) is 8.24. The third-order valence-corrected chi connectivity index (χ3v) is 8.59. The average Bonchev–Trinajstić information content (AvgIpc) is 2.93. The quantitative estimate of drug-likeness (QED) is 0.471. The number of halogens is 1. The molecule has 200 valence electrons. The first-order valence-corrected chi connectivity index (χ1v) is 14.6. The Bertz CT molecular complexity index is 1060. The zero-order chi connectivity index (χ0) is 25.7. The van der Waals surface area contributed by atoms with E-state index in [9.17, 15) is 0 Å². The highest BCUT2D eigenvalue weighted by atomic mass is 35.5. The molecule has 0 bridgehead atoms. The summed E-state index contributed by atoms with van der Waals surface area (Å²) in [6, 6.07) is 10.5. The van der Waals surface area contributed by atoms with E-state index in [1.54, 1.807) is 0 Å². The van der Waals surface area contributed by atoms with E-state index in [2.05, 4.69) is 45.6 Å². The number of hydrogen-bond donors (Lipinski definition) is 2. The number of ether oxygens (including phenoxy) is 1. The summed E-state index contributed by atoms with van der Waals surface area (Å²) in [6.07, 6.45) is 8.49. The molecule has 0 spiro atoms. The predicted molar refractivity (Wildman–Crippen MR) is 156 cm³/mol. The van der Waals surface area contributed by atoms with Gasteiger partial charge in [0, 0.05) is 49.2 Å². The number of piperidine rings is 1. The van der Waals surface area contributed by atoms with Gasteiger partial charge >= 0.3 is 0 Å². The lowest BCUT2D eigenvalue weighted by molar-refractivity contribution is 0.122. The van der Waals surface area contributed by atoms with Gasteiger partial charge in [-0.1, -0.05) is 49.9 Å². The lowest BCUT2D eigenvalue weighted by atomic mass is 9.69. The van der Waals surface area contributed by atoms with Crippen LogP contribution in [0.4, 0.5) is 17.6 Å².